The molecule has 0 radical (unpaired) electrons. The number of ether oxygens (including phenoxy) is 3. The first-order valence-corrected chi connectivity index (χ1v) is 20.3. The molecule has 0 aliphatic rings. The van der Waals surface area contributed by atoms with Gasteiger partial charge < -0.3 is 30.0 Å². The molecule has 49 heavy (non-hydrogen) atoms. The summed E-state index contributed by atoms with van der Waals surface area (Å²) in [7, 11) is 0. The highest BCUT2D eigenvalue weighted by Crippen LogP contribution is 2.14. The van der Waals surface area contributed by atoms with Gasteiger partial charge in [0, 0.05) is 19.8 Å². The van der Waals surface area contributed by atoms with Crippen LogP contribution in [0.3, 0.4) is 0 Å². The largest absolute Gasteiger partial charge is 0.481 e. The minimum absolute atomic E-state index is 0.168. The van der Waals surface area contributed by atoms with E-state index in [4.69, 9.17) is 14.2 Å². The number of aliphatic carboxylic acids is 1. The minimum Gasteiger partial charge on any atom is -0.481 e. The molecule has 290 valence electrons. The number of carboxylic acids is 1. The second kappa shape index (κ2) is 33.3. The van der Waals surface area contributed by atoms with Crippen molar-refractivity contribution >= 4 is 18.0 Å². The van der Waals surface area contributed by atoms with Crippen molar-refractivity contribution in [3.8, 4) is 0 Å². The maximum Gasteiger partial charge on any atom is 0.408 e. The summed E-state index contributed by atoms with van der Waals surface area (Å²) < 4.78 is 17.3. The van der Waals surface area contributed by atoms with E-state index in [1.54, 1.807) is 20.8 Å². The zero-order chi connectivity index (χ0) is 36.4. The van der Waals surface area contributed by atoms with E-state index in [1.807, 2.05) is 0 Å². The number of amides is 2. The Hall–Kier alpha value is -1.87. The molecule has 0 bridgehead atoms. The van der Waals surface area contributed by atoms with Gasteiger partial charge in [-0.25, -0.2) is 4.79 Å². The van der Waals surface area contributed by atoms with Crippen LogP contribution in [0.15, 0.2) is 0 Å². The number of rotatable bonds is 35. The lowest BCUT2D eigenvalue weighted by atomic mass is 10.1. The summed E-state index contributed by atoms with van der Waals surface area (Å²) in [4.78, 5) is 36.6. The Morgan fingerprint density at radius 1 is 0.612 bits per heavy atom. The smallest absolute Gasteiger partial charge is 0.408 e. The zero-order valence-electron chi connectivity index (χ0n) is 32.6. The van der Waals surface area contributed by atoms with Crippen molar-refractivity contribution in [3.63, 3.8) is 0 Å². The van der Waals surface area contributed by atoms with Crippen LogP contribution in [0.4, 0.5) is 4.79 Å². The average Bonchev–Trinajstić information content (AvgIpc) is 3.03. The molecule has 3 N–H and O–H groups in total. The Labute approximate surface area is 301 Å². The fourth-order valence-electron chi connectivity index (χ4n) is 5.79. The van der Waals surface area contributed by atoms with Crippen LogP contribution in [-0.2, 0) is 23.8 Å². The summed E-state index contributed by atoms with van der Waals surface area (Å²) in [5.41, 5.74) is -0.772. The monoisotopic (exact) mass is 699 g/mol. The molecule has 0 aromatic carbocycles. The van der Waals surface area contributed by atoms with E-state index in [1.165, 1.54) is 128 Å². The van der Waals surface area contributed by atoms with Gasteiger partial charge in [-0.2, -0.15) is 0 Å². The predicted molar refractivity (Wildman–Crippen MR) is 201 cm³/mol. The van der Waals surface area contributed by atoms with Gasteiger partial charge in [-0.15, -0.1) is 0 Å². The standard InChI is InChI=1S/C40H78N2O7/c1-6-8-10-12-14-16-18-20-22-24-26-28-30-47-34-35(48-31-29-27-25-23-21-19-17-15-13-11-9-7-2)33-41-38(45)36(32-37(43)44)42-39(46)49-40(3,4)5/h35-36H,6-34H2,1-5H3,(H,41,45)(H,42,46)(H,43,44)/t35?,36-/m0/s1. The molecule has 0 aliphatic heterocycles. The molecule has 0 aromatic rings. The second-order valence-electron chi connectivity index (χ2n) is 14.9. The van der Waals surface area contributed by atoms with Crippen LogP contribution in [0.5, 0.6) is 0 Å². The fraction of sp³-hybridized carbons (Fsp3) is 0.925. The fourth-order valence-corrected chi connectivity index (χ4v) is 5.79. The van der Waals surface area contributed by atoms with Gasteiger partial charge in [0.1, 0.15) is 11.6 Å². The van der Waals surface area contributed by atoms with Crippen molar-refractivity contribution in [3.05, 3.63) is 0 Å². The molecule has 2 atom stereocenters. The molecule has 2 amide bonds. The number of nitrogens with one attached hydrogen (secondary N) is 2. The number of hydrogen-bond acceptors (Lipinski definition) is 6. The third-order valence-corrected chi connectivity index (χ3v) is 8.69. The molecular formula is C40H78N2O7. The van der Waals surface area contributed by atoms with Crippen LogP contribution >= 0.6 is 0 Å². The number of alkyl carbamates (subject to hydrolysis) is 1. The Morgan fingerprint density at radius 2 is 1.02 bits per heavy atom. The minimum atomic E-state index is -1.26. The maximum atomic E-state index is 12.9. The van der Waals surface area contributed by atoms with Crippen LogP contribution in [0, 0.1) is 0 Å². The van der Waals surface area contributed by atoms with Gasteiger partial charge in [-0.3, -0.25) is 9.59 Å². The summed E-state index contributed by atoms with van der Waals surface area (Å²) in [5, 5.41) is 14.5. The van der Waals surface area contributed by atoms with Gasteiger partial charge in [-0.1, -0.05) is 155 Å². The summed E-state index contributed by atoms with van der Waals surface area (Å²) in [6.07, 6.45) is 29.0. The van der Waals surface area contributed by atoms with Crippen molar-refractivity contribution in [1.29, 1.82) is 0 Å². The first kappa shape index (κ1) is 47.1. The van der Waals surface area contributed by atoms with E-state index in [2.05, 4.69) is 24.5 Å². The number of unbranched alkanes of at least 4 members (excludes halogenated alkanes) is 22. The maximum absolute atomic E-state index is 12.9. The van der Waals surface area contributed by atoms with Crippen LogP contribution in [0.1, 0.15) is 195 Å². The average molecular weight is 699 g/mol. The number of carbonyl (C=O) groups excluding carboxylic acids is 2. The number of carboxylic acid groups (broad SMARTS) is 1. The zero-order valence-corrected chi connectivity index (χ0v) is 32.6. The highest BCUT2D eigenvalue weighted by Gasteiger charge is 2.27. The topological polar surface area (TPSA) is 123 Å². The van der Waals surface area contributed by atoms with Crippen molar-refractivity contribution in [2.75, 3.05) is 26.4 Å². The molecule has 0 fully saturated rings. The summed E-state index contributed by atoms with van der Waals surface area (Å²) in [6, 6.07) is -1.26. The Balaban J connectivity index is 4.54. The molecule has 0 spiro atoms. The molecule has 9 heteroatoms. The highest BCUT2D eigenvalue weighted by atomic mass is 16.6. The lowest BCUT2D eigenvalue weighted by Crippen LogP contribution is -2.50. The molecule has 0 heterocycles. The van der Waals surface area contributed by atoms with Crippen LogP contribution in [0.2, 0.25) is 0 Å². The molecule has 0 rings (SSSR count). The first-order chi connectivity index (χ1) is 23.6. The summed E-state index contributed by atoms with van der Waals surface area (Å²) >= 11 is 0. The summed E-state index contributed by atoms with van der Waals surface area (Å²) in [6.45, 7) is 11.4. The third kappa shape index (κ3) is 34.4. The Kier molecular flexibility index (Phi) is 32.0. The van der Waals surface area contributed by atoms with E-state index in [-0.39, 0.29) is 12.6 Å². The van der Waals surface area contributed by atoms with Gasteiger partial charge in [0.05, 0.1) is 19.1 Å². The predicted octanol–water partition coefficient (Wildman–Crippen LogP) is 10.3. The van der Waals surface area contributed by atoms with Crippen LogP contribution in [0.25, 0.3) is 0 Å². The lowest BCUT2D eigenvalue weighted by Gasteiger charge is -2.24. The molecule has 9 nitrogen and oxygen atoms in total. The van der Waals surface area contributed by atoms with E-state index in [9.17, 15) is 19.5 Å². The highest BCUT2D eigenvalue weighted by molar-refractivity contribution is 5.89. The quantitative estimate of drug-likeness (QED) is 0.0563. The van der Waals surface area contributed by atoms with Crippen molar-refractivity contribution < 1.29 is 33.7 Å². The van der Waals surface area contributed by atoms with E-state index < -0.39 is 36.0 Å². The van der Waals surface area contributed by atoms with E-state index in [0.29, 0.717) is 19.8 Å². The van der Waals surface area contributed by atoms with Gasteiger partial charge in [0.2, 0.25) is 5.91 Å². The van der Waals surface area contributed by atoms with Gasteiger partial charge in [0.25, 0.3) is 0 Å². The van der Waals surface area contributed by atoms with Crippen molar-refractivity contribution in [1.82, 2.24) is 10.6 Å². The molecule has 0 aromatic heterocycles. The van der Waals surface area contributed by atoms with E-state index >= 15 is 0 Å². The molecule has 0 aliphatic carbocycles. The summed E-state index contributed by atoms with van der Waals surface area (Å²) in [5.74, 6) is -1.78. The van der Waals surface area contributed by atoms with E-state index in [0.717, 1.165) is 25.7 Å². The third-order valence-electron chi connectivity index (χ3n) is 8.69. The molecule has 1 unspecified atom stereocenters. The molecular weight excluding hydrogens is 620 g/mol. The lowest BCUT2D eigenvalue weighted by molar-refractivity contribution is -0.140. The van der Waals surface area contributed by atoms with Crippen molar-refractivity contribution in [2.24, 2.45) is 0 Å². The van der Waals surface area contributed by atoms with Gasteiger partial charge in [0.15, 0.2) is 0 Å². The number of hydrogen-bond donors (Lipinski definition) is 3. The molecule has 0 saturated carbocycles. The van der Waals surface area contributed by atoms with Gasteiger partial charge in [-0.05, 0) is 33.6 Å². The Morgan fingerprint density at radius 3 is 1.43 bits per heavy atom. The Bertz CT molecular complexity index is 787. The van der Waals surface area contributed by atoms with Gasteiger partial charge >= 0.3 is 12.1 Å². The van der Waals surface area contributed by atoms with Crippen molar-refractivity contribution in [2.45, 2.75) is 213 Å². The van der Waals surface area contributed by atoms with Crippen LogP contribution < -0.4 is 10.6 Å². The second-order valence-corrected chi connectivity index (χ2v) is 14.9. The normalized spacial score (nSPS) is 12.8. The number of carbonyl (C=O) groups is 3. The van der Waals surface area contributed by atoms with Crippen LogP contribution in [-0.4, -0.2) is 67.2 Å². The molecule has 0 saturated heterocycles. The SMILES string of the molecule is CCCCCCCCCCCCCCOCC(CNC(=O)[C@H](CC(=O)O)NC(=O)OC(C)(C)C)OCCCCCCCCCCCCCC. The first-order valence-electron chi connectivity index (χ1n) is 20.3.